The second kappa shape index (κ2) is 19.4. The Balaban J connectivity index is 2.87. The smallest absolute Gasteiger partial charge is 0.335 e. The highest BCUT2D eigenvalue weighted by molar-refractivity contribution is 7.53. The van der Waals surface area contributed by atoms with Crippen molar-refractivity contribution in [1.82, 2.24) is 0 Å². The fraction of sp³-hybridized carbons (Fsp3) is 0.829. The van der Waals surface area contributed by atoms with E-state index < -0.39 is 7.60 Å². The van der Waals surface area contributed by atoms with Crippen molar-refractivity contribution in [2.24, 2.45) is 0 Å². The van der Waals surface area contributed by atoms with Crippen LogP contribution in [0.4, 0.5) is 0 Å². The second-order valence-corrected chi connectivity index (χ2v) is 16.0. The van der Waals surface area contributed by atoms with E-state index in [1.165, 1.54) is 77.0 Å². The fourth-order valence-corrected chi connectivity index (χ4v) is 6.86. The van der Waals surface area contributed by atoms with Crippen LogP contribution in [0, 0.1) is 0 Å². The molecule has 40 heavy (non-hydrogen) atoms. The highest BCUT2D eigenvalue weighted by Crippen LogP contribution is 2.53. The number of aromatic hydroxyl groups is 1. The average Bonchev–Trinajstić information content (AvgIpc) is 2.86. The quantitative estimate of drug-likeness (QED) is 0.109. The van der Waals surface area contributed by atoms with Crippen molar-refractivity contribution < 1.29 is 18.7 Å². The molecule has 234 valence electrons. The van der Waals surface area contributed by atoms with Gasteiger partial charge in [0.2, 0.25) is 0 Å². The van der Waals surface area contributed by atoms with Crippen LogP contribution in [0.2, 0.25) is 0 Å². The van der Waals surface area contributed by atoms with Crippen LogP contribution in [0.25, 0.3) is 0 Å². The van der Waals surface area contributed by atoms with Crippen LogP contribution < -0.4 is 0 Å². The predicted octanol–water partition coefficient (Wildman–Crippen LogP) is 12.0. The third-order valence-electron chi connectivity index (χ3n) is 7.73. The van der Waals surface area contributed by atoms with Gasteiger partial charge in [-0.1, -0.05) is 157 Å². The van der Waals surface area contributed by atoms with Crippen LogP contribution in [0.15, 0.2) is 12.1 Å². The SMILES string of the molecule is CCCCCCCCCCOP(=O)(Cc1cc(C(C)(C)C)c(O)c(C(C)(C)C)c1)OCCCCCCCCCC. The van der Waals surface area contributed by atoms with Crippen molar-refractivity contribution in [3.05, 3.63) is 28.8 Å². The van der Waals surface area contributed by atoms with Gasteiger partial charge in [0.05, 0.1) is 19.4 Å². The maximum absolute atomic E-state index is 14.1. The molecule has 1 rings (SSSR count). The molecule has 1 aromatic rings. The van der Waals surface area contributed by atoms with Crippen LogP contribution >= 0.6 is 7.60 Å². The number of benzene rings is 1. The Labute approximate surface area is 248 Å². The van der Waals surface area contributed by atoms with E-state index in [1.807, 2.05) is 12.1 Å². The van der Waals surface area contributed by atoms with Crippen molar-refractivity contribution in [3.63, 3.8) is 0 Å². The van der Waals surface area contributed by atoms with Gasteiger partial charge >= 0.3 is 7.60 Å². The lowest BCUT2D eigenvalue weighted by atomic mass is 9.78. The minimum atomic E-state index is -3.32. The van der Waals surface area contributed by atoms with Crippen LogP contribution in [-0.2, 0) is 30.6 Å². The van der Waals surface area contributed by atoms with Crippen LogP contribution in [-0.4, -0.2) is 18.3 Å². The molecule has 0 unspecified atom stereocenters. The molecule has 0 heterocycles. The average molecular weight is 581 g/mol. The summed E-state index contributed by atoms with van der Waals surface area (Å²) in [6.07, 6.45) is 19.7. The maximum Gasteiger partial charge on any atom is 0.335 e. The van der Waals surface area contributed by atoms with E-state index in [1.54, 1.807) is 0 Å². The number of hydrogen-bond donors (Lipinski definition) is 1. The van der Waals surface area contributed by atoms with Gasteiger partial charge in [-0.15, -0.1) is 0 Å². The highest BCUT2D eigenvalue weighted by atomic mass is 31.2. The monoisotopic (exact) mass is 580 g/mol. The summed E-state index contributed by atoms with van der Waals surface area (Å²) in [5, 5.41) is 11.1. The van der Waals surface area contributed by atoms with Crippen LogP contribution in [0.1, 0.15) is 175 Å². The van der Waals surface area contributed by atoms with Gasteiger partial charge in [-0.05, 0) is 40.4 Å². The molecule has 0 atom stereocenters. The zero-order valence-electron chi connectivity index (χ0n) is 27.7. The Morgan fingerprint density at radius 3 is 1.25 bits per heavy atom. The van der Waals surface area contributed by atoms with E-state index in [0.717, 1.165) is 42.4 Å². The predicted molar refractivity (Wildman–Crippen MR) is 174 cm³/mol. The van der Waals surface area contributed by atoms with Gasteiger partial charge in [0.1, 0.15) is 5.75 Å². The Kier molecular flexibility index (Phi) is 18.0. The fourth-order valence-electron chi connectivity index (χ4n) is 5.16. The summed E-state index contributed by atoms with van der Waals surface area (Å²) >= 11 is 0. The zero-order valence-corrected chi connectivity index (χ0v) is 28.6. The summed E-state index contributed by atoms with van der Waals surface area (Å²) in [5.74, 6) is 0.346. The number of rotatable bonds is 22. The van der Waals surface area contributed by atoms with Gasteiger partial charge in [-0.25, -0.2) is 0 Å². The second-order valence-electron chi connectivity index (χ2n) is 13.9. The molecular formula is C35H65O4P. The third-order valence-corrected chi connectivity index (χ3v) is 9.64. The van der Waals surface area contributed by atoms with Gasteiger partial charge in [-0.2, -0.15) is 0 Å². The van der Waals surface area contributed by atoms with Crippen LogP contribution in [0.5, 0.6) is 5.75 Å². The van der Waals surface area contributed by atoms with Crippen molar-refractivity contribution in [1.29, 1.82) is 0 Å². The summed E-state index contributed by atoms with van der Waals surface area (Å²) in [6.45, 7) is 18.1. The molecule has 0 aliphatic carbocycles. The Hall–Kier alpha value is -0.830. The van der Waals surface area contributed by atoms with Gasteiger partial charge in [0.25, 0.3) is 0 Å². The van der Waals surface area contributed by atoms with E-state index >= 15 is 0 Å². The first-order valence-electron chi connectivity index (χ1n) is 16.6. The van der Waals surface area contributed by atoms with Gasteiger partial charge in [0.15, 0.2) is 0 Å². The maximum atomic E-state index is 14.1. The first-order valence-corrected chi connectivity index (χ1v) is 18.3. The molecule has 0 bridgehead atoms. The zero-order chi connectivity index (χ0) is 30.1. The molecule has 0 saturated carbocycles. The molecule has 1 N–H and O–H groups in total. The molecule has 0 aliphatic rings. The largest absolute Gasteiger partial charge is 0.507 e. The first kappa shape index (κ1) is 37.2. The molecule has 4 nitrogen and oxygen atoms in total. The van der Waals surface area contributed by atoms with Crippen molar-refractivity contribution >= 4 is 7.60 Å². The van der Waals surface area contributed by atoms with Gasteiger partial charge in [0, 0.05) is 0 Å². The van der Waals surface area contributed by atoms with Crippen molar-refractivity contribution in [2.75, 3.05) is 13.2 Å². The lowest BCUT2D eigenvalue weighted by Crippen LogP contribution is -2.18. The van der Waals surface area contributed by atoms with E-state index in [-0.39, 0.29) is 17.0 Å². The molecule has 0 amide bonds. The van der Waals surface area contributed by atoms with Crippen LogP contribution in [0.3, 0.4) is 0 Å². The summed E-state index contributed by atoms with van der Waals surface area (Å²) in [7, 11) is -3.32. The Bertz CT molecular complexity index is 789. The molecule has 0 radical (unpaired) electrons. The Morgan fingerprint density at radius 2 is 0.925 bits per heavy atom. The Morgan fingerprint density at radius 1 is 0.600 bits per heavy atom. The third kappa shape index (κ3) is 15.4. The molecule has 0 fully saturated rings. The van der Waals surface area contributed by atoms with Gasteiger partial charge in [-0.3, -0.25) is 4.57 Å². The normalized spacial score (nSPS) is 12.8. The molecule has 1 aromatic carbocycles. The lowest BCUT2D eigenvalue weighted by Gasteiger charge is -2.29. The minimum Gasteiger partial charge on any atom is -0.507 e. The van der Waals surface area contributed by atoms with Crippen molar-refractivity contribution in [3.8, 4) is 5.75 Å². The molecular weight excluding hydrogens is 515 g/mol. The molecule has 0 saturated heterocycles. The minimum absolute atomic E-state index is 0.236. The summed E-state index contributed by atoms with van der Waals surface area (Å²) in [4.78, 5) is 0. The lowest BCUT2D eigenvalue weighted by molar-refractivity contribution is 0.196. The van der Waals surface area contributed by atoms with Crippen molar-refractivity contribution in [2.45, 2.75) is 175 Å². The number of unbranched alkanes of at least 4 members (excludes halogenated alkanes) is 14. The number of hydrogen-bond acceptors (Lipinski definition) is 4. The topological polar surface area (TPSA) is 55.8 Å². The molecule has 0 spiro atoms. The first-order chi connectivity index (χ1) is 18.8. The summed E-state index contributed by atoms with van der Waals surface area (Å²) < 4.78 is 26.3. The van der Waals surface area contributed by atoms with E-state index in [4.69, 9.17) is 9.05 Å². The highest BCUT2D eigenvalue weighted by Gasteiger charge is 2.30. The van der Waals surface area contributed by atoms with Gasteiger partial charge < -0.3 is 14.2 Å². The molecule has 0 aliphatic heterocycles. The molecule has 0 aromatic heterocycles. The van der Waals surface area contributed by atoms with E-state index in [2.05, 4.69) is 55.4 Å². The summed E-state index contributed by atoms with van der Waals surface area (Å²) in [5.41, 5.74) is 2.21. The number of phenolic OH excluding ortho intramolecular Hbond substituents is 1. The van der Waals surface area contributed by atoms with E-state index in [0.29, 0.717) is 19.0 Å². The standard InChI is InChI=1S/C35H65O4P/c1-9-11-13-15-17-19-21-23-25-38-40(37,39-26-24-22-20-18-16-14-12-10-2)29-30-27-31(34(3,4)5)33(36)32(28-30)35(6,7)8/h27-28,36H,9-26,29H2,1-8H3. The summed E-state index contributed by atoms with van der Waals surface area (Å²) in [6, 6.07) is 4.02. The molecule has 5 heteroatoms. The number of phenols is 1. The van der Waals surface area contributed by atoms with E-state index in [9.17, 15) is 9.67 Å².